The number of pyridine rings is 1. The van der Waals surface area contributed by atoms with Crippen molar-refractivity contribution in [2.75, 3.05) is 7.11 Å². The van der Waals surface area contributed by atoms with Crippen LogP contribution >= 0.6 is 0 Å². The van der Waals surface area contributed by atoms with Crippen molar-refractivity contribution in [1.29, 1.82) is 0 Å². The normalized spacial score (nSPS) is 10.9. The summed E-state index contributed by atoms with van der Waals surface area (Å²) in [5, 5.41) is 4.94. The number of carbonyl (C=O) groups is 1. The van der Waals surface area contributed by atoms with Crippen LogP contribution in [-0.2, 0) is 14.8 Å². The van der Waals surface area contributed by atoms with Gasteiger partial charge in [-0.1, -0.05) is 0 Å². The fourth-order valence-electron chi connectivity index (χ4n) is 0.931. The van der Waals surface area contributed by atoms with Crippen molar-refractivity contribution in [3.05, 3.63) is 17.8 Å². The van der Waals surface area contributed by atoms with Gasteiger partial charge in [-0.3, -0.25) is 0 Å². The maximum absolute atomic E-state index is 11.2. The minimum Gasteiger partial charge on any atom is -0.437 e. The van der Waals surface area contributed by atoms with E-state index in [-0.39, 0.29) is 4.90 Å². The zero-order valence-corrected chi connectivity index (χ0v) is 9.45. The Morgan fingerprint density at radius 1 is 1.50 bits per heavy atom. The van der Waals surface area contributed by atoms with Crippen LogP contribution < -0.4 is 9.88 Å². The first-order valence-corrected chi connectivity index (χ1v) is 5.64. The van der Waals surface area contributed by atoms with Crippen molar-refractivity contribution in [3.63, 3.8) is 0 Å². The third-order valence-electron chi connectivity index (χ3n) is 1.61. The van der Waals surface area contributed by atoms with Crippen LogP contribution in [0.5, 0.6) is 5.88 Å². The van der Waals surface area contributed by atoms with E-state index in [9.17, 15) is 13.2 Å². The van der Waals surface area contributed by atoms with Crippen LogP contribution in [-0.4, -0.2) is 26.7 Å². The lowest BCUT2D eigenvalue weighted by atomic mass is 10.3. The number of rotatable bonds is 2. The molecule has 0 amide bonds. The molecular weight excluding hydrogens is 236 g/mol. The highest BCUT2D eigenvalue weighted by molar-refractivity contribution is 7.89. The van der Waals surface area contributed by atoms with Gasteiger partial charge in [0.2, 0.25) is 15.9 Å². The van der Waals surface area contributed by atoms with Crippen LogP contribution in [0.15, 0.2) is 17.2 Å². The van der Waals surface area contributed by atoms with Crippen LogP contribution in [0.4, 0.5) is 4.79 Å². The summed E-state index contributed by atoms with van der Waals surface area (Å²) in [5.41, 5.74) is 0.571. The Hall–Kier alpha value is -1.67. The van der Waals surface area contributed by atoms with Crippen LogP contribution in [0.1, 0.15) is 5.56 Å². The number of nitrogens with two attached hydrogens (primary N) is 1. The lowest BCUT2D eigenvalue weighted by molar-refractivity contribution is 0.118. The van der Waals surface area contributed by atoms with Crippen molar-refractivity contribution in [1.82, 2.24) is 4.98 Å². The number of primary sulfonamides is 1. The lowest BCUT2D eigenvalue weighted by Crippen LogP contribution is -2.17. The number of carbonyl (C=O) groups excluding carboxylic acids is 1. The summed E-state index contributed by atoms with van der Waals surface area (Å²) >= 11 is 0. The maximum Gasteiger partial charge on any atom is 0.514 e. The highest BCUT2D eigenvalue weighted by Gasteiger charge is 2.19. The predicted molar refractivity (Wildman–Crippen MR) is 53.4 cm³/mol. The molecule has 0 aliphatic carbocycles. The first-order chi connectivity index (χ1) is 7.34. The van der Waals surface area contributed by atoms with E-state index in [0.29, 0.717) is 5.56 Å². The van der Waals surface area contributed by atoms with Crippen LogP contribution in [0.2, 0.25) is 0 Å². The Balaban J connectivity index is 3.24. The number of ether oxygens (including phenoxy) is 2. The van der Waals surface area contributed by atoms with Gasteiger partial charge in [0.25, 0.3) is 0 Å². The van der Waals surface area contributed by atoms with E-state index in [1.807, 2.05) is 0 Å². The van der Waals surface area contributed by atoms with E-state index in [0.717, 1.165) is 7.11 Å². The molecule has 7 nitrogen and oxygen atoms in total. The van der Waals surface area contributed by atoms with Crippen molar-refractivity contribution in [2.45, 2.75) is 11.8 Å². The van der Waals surface area contributed by atoms with Gasteiger partial charge in [-0.2, -0.15) is 0 Å². The highest BCUT2D eigenvalue weighted by atomic mass is 32.2. The molecule has 0 aliphatic rings. The van der Waals surface area contributed by atoms with E-state index in [1.165, 1.54) is 12.3 Å². The molecule has 0 radical (unpaired) electrons. The second-order valence-corrected chi connectivity index (χ2v) is 4.45. The molecule has 1 aromatic rings. The van der Waals surface area contributed by atoms with Crippen LogP contribution in [0, 0.1) is 6.92 Å². The van der Waals surface area contributed by atoms with Crippen LogP contribution in [0.25, 0.3) is 0 Å². The molecule has 1 aromatic heterocycles. The van der Waals surface area contributed by atoms with Gasteiger partial charge >= 0.3 is 6.16 Å². The third-order valence-corrected chi connectivity index (χ3v) is 2.51. The number of methoxy groups -OCH3 is 1. The first-order valence-electron chi connectivity index (χ1n) is 4.10. The number of aryl methyl sites for hydroxylation is 1. The van der Waals surface area contributed by atoms with E-state index in [1.54, 1.807) is 6.92 Å². The van der Waals surface area contributed by atoms with Crippen molar-refractivity contribution >= 4 is 16.2 Å². The fourth-order valence-corrected chi connectivity index (χ4v) is 1.62. The molecule has 8 heteroatoms. The van der Waals surface area contributed by atoms with E-state index < -0.39 is 22.1 Å². The summed E-state index contributed by atoms with van der Waals surface area (Å²) in [7, 11) is -2.91. The van der Waals surface area contributed by atoms with E-state index in [2.05, 4.69) is 14.5 Å². The van der Waals surface area contributed by atoms with Gasteiger partial charge in [0.15, 0.2) is 0 Å². The van der Waals surface area contributed by atoms with Gasteiger partial charge in [-0.25, -0.2) is 23.3 Å². The molecule has 0 spiro atoms. The standard InChI is InChI=1S/C8H10N2O5S/c1-5-3-6(16(9,12)13)7(10-4-5)15-8(11)14-2/h3-4H,1-2H3,(H2,9,12,13). The Kier molecular flexibility index (Phi) is 3.45. The number of hydrogen-bond acceptors (Lipinski definition) is 6. The molecule has 0 aliphatic heterocycles. The zero-order valence-electron chi connectivity index (χ0n) is 8.63. The Bertz CT molecular complexity index is 511. The predicted octanol–water partition coefficient (Wildman–Crippen LogP) is 0.183. The molecule has 0 unspecified atom stereocenters. The molecule has 0 saturated heterocycles. The summed E-state index contributed by atoms with van der Waals surface area (Å²) in [6.45, 7) is 1.63. The quantitative estimate of drug-likeness (QED) is 0.746. The van der Waals surface area contributed by atoms with Gasteiger partial charge in [0.1, 0.15) is 4.90 Å². The molecule has 0 saturated carbocycles. The molecule has 1 heterocycles. The minimum atomic E-state index is -4.01. The SMILES string of the molecule is COC(=O)Oc1ncc(C)cc1S(N)(=O)=O. The number of hydrogen-bond donors (Lipinski definition) is 1. The van der Waals surface area contributed by atoms with E-state index in [4.69, 9.17) is 5.14 Å². The largest absolute Gasteiger partial charge is 0.514 e. The third kappa shape index (κ3) is 2.91. The molecule has 0 bridgehead atoms. The summed E-state index contributed by atoms with van der Waals surface area (Å²) in [5.74, 6) is -0.403. The topological polar surface area (TPSA) is 109 Å². The molecular formula is C8H10N2O5S. The Morgan fingerprint density at radius 2 is 2.12 bits per heavy atom. The monoisotopic (exact) mass is 246 g/mol. The molecule has 16 heavy (non-hydrogen) atoms. The lowest BCUT2D eigenvalue weighted by Gasteiger charge is -2.06. The van der Waals surface area contributed by atoms with Gasteiger partial charge in [-0.15, -0.1) is 0 Å². The smallest absolute Gasteiger partial charge is 0.437 e. The molecule has 0 fully saturated rings. The van der Waals surface area contributed by atoms with Gasteiger partial charge in [0.05, 0.1) is 7.11 Å². The van der Waals surface area contributed by atoms with Gasteiger partial charge < -0.3 is 9.47 Å². The number of nitrogens with zero attached hydrogens (tertiary/aromatic N) is 1. The molecule has 0 aromatic carbocycles. The average molecular weight is 246 g/mol. The van der Waals surface area contributed by atoms with Crippen molar-refractivity contribution < 1.29 is 22.7 Å². The summed E-state index contributed by atoms with van der Waals surface area (Å²) < 4.78 is 31.1. The summed E-state index contributed by atoms with van der Waals surface area (Å²) in [6, 6.07) is 1.25. The zero-order chi connectivity index (χ0) is 12.3. The molecule has 0 atom stereocenters. The van der Waals surface area contributed by atoms with Crippen molar-refractivity contribution in [2.24, 2.45) is 5.14 Å². The average Bonchev–Trinajstić information content (AvgIpc) is 2.19. The maximum atomic E-state index is 11.2. The van der Waals surface area contributed by atoms with Crippen LogP contribution in [0.3, 0.4) is 0 Å². The molecule has 1 rings (SSSR count). The van der Waals surface area contributed by atoms with E-state index >= 15 is 0 Å². The van der Waals surface area contributed by atoms with Crippen molar-refractivity contribution in [3.8, 4) is 5.88 Å². The Labute approximate surface area is 92.2 Å². The Morgan fingerprint density at radius 3 is 2.62 bits per heavy atom. The first kappa shape index (κ1) is 12.4. The second-order valence-electron chi connectivity index (χ2n) is 2.92. The highest BCUT2D eigenvalue weighted by Crippen LogP contribution is 2.20. The minimum absolute atomic E-state index is 0.363. The van der Waals surface area contributed by atoms with Gasteiger partial charge in [0, 0.05) is 6.20 Å². The number of sulfonamides is 1. The summed E-state index contributed by atoms with van der Waals surface area (Å²) in [6.07, 6.45) is 0.272. The molecule has 2 N–H and O–H groups in total. The second kappa shape index (κ2) is 4.45. The van der Waals surface area contributed by atoms with Gasteiger partial charge in [-0.05, 0) is 18.6 Å². The number of aromatic nitrogens is 1. The fraction of sp³-hybridized carbons (Fsp3) is 0.250. The summed E-state index contributed by atoms with van der Waals surface area (Å²) in [4.78, 5) is 14.1. The molecule has 88 valence electrons.